The molecule has 0 aliphatic heterocycles. The lowest BCUT2D eigenvalue weighted by atomic mass is 10.2. The molecule has 2 aromatic carbocycles. The minimum Gasteiger partial charge on any atom is -0.397 e. The van der Waals surface area contributed by atoms with Gasteiger partial charge in [0.2, 0.25) is 0 Å². The number of nitro benzene ring substituents is 1. The summed E-state index contributed by atoms with van der Waals surface area (Å²) in [6.07, 6.45) is 0. The van der Waals surface area contributed by atoms with Gasteiger partial charge in [0.1, 0.15) is 0 Å². The van der Waals surface area contributed by atoms with Crippen molar-refractivity contribution < 1.29 is 4.92 Å². The smallest absolute Gasteiger partial charge is 0.271 e. The SMILES string of the molecule is Cc1ccc(N(C)c2ccc([N+](=O)[O-])cc2N)cc1. The van der Waals surface area contributed by atoms with Gasteiger partial charge in [0.25, 0.3) is 5.69 Å². The van der Waals surface area contributed by atoms with Gasteiger partial charge in [0, 0.05) is 24.9 Å². The van der Waals surface area contributed by atoms with Gasteiger partial charge in [0.05, 0.1) is 16.3 Å². The van der Waals surface area contributed by atoms with Gasteiger partial charge in [-0.25, -0.2) is 0 Å². The first kappa shape index (κ1) is 12.9. The number of nitrogens with two attached hydrogens (primary N) is 1. The van der Waals surface area contributed by atoms with Crippen LogP contribution in [0.5, 0.6) is 0 Å². The Labute approximate surface area is 111 Å². The molecule has 0 amide bonds. The largest absolute Gasteiger partial charge is 0.397 e. The van der Waals surface area contributed by atoms with Crippen LogP contribution in [-0.2, 0) is 0 Å². The van der Waals surface area contributed by atoms with Gasteiger partial charge in [-0.05, 0) is 25.1 Å². The number of aryl methyl sites for hydroxylation is 1. The number of non-ortho nitro benzene ring substituents is 1. The summed E-state index contributed by atoms with van der Waals surface area (Å²) in [4.78, 5) is 12.1. The molecular weight excluding hydrogens is 242 g/mol. The third-order valence-corrected chi connectivity index (χ3v) is 3.00. The van der Waals surface area contributed by atoms with Crippen molar-refractivity contribution >= 4 is 22.7 Å². The van der Waals surface area contributed by atoms with Crippen LogP contribution in [0.15, 0.2) is 42.5 Å². The highest BCUT2D eigenvalue weighted by Crippen LogP contribution is 2.31. The lowest BCUT2D eigenvalue weighted by Gasteiger charge is -2.21. The topological polar surface area (TPSA) is 72.4 Å². The zero-order chi connectivity index (χ0) is 14.0. The molecule has 0 saturated heterocycles. The maximum atomic E-state index is 10.7. The molecule has 5 nitrogen and oxygen atoms in total. The highest BCUT2D eigenvalue weighted by Gasteiger charge is 2.12. The van der Waals surface area contributed by atoms with Crippen LogP contribution < -0.4 is 10.6 Å². The second-order valence-corrected chi connectivity index (χ2v) is 4.39. The highest BCUT2D eigenvalue weighted by atomic mass is 16.6. The first-order valence-electron chi connectivity index (χ1n) is 5.83. The Morgan fingerprint density at radius 1 is 1.16 bits per heavy atom. The summed E-state index contributed by atoms with van der Waals surface area (Å²) >= 11 is 0. The summed E-state index contributed by atoms with van der Waals surface area (Å²) in [5.41, 5.74) is 9.16. The molecule has 0 heterocycles. The summed E-state index contributed by atoms with van der Waals surface area (Å²) in [5, 5.41) is 10.7. The van der Waals surface area contributed by atoms with E-state index in [1.165, 1.54) is 17.7 Å². The predicted octanol–water partition coefficient (Wildman–Crippen LogP) is 3.25. The summed E-state index contributed by atoms with van der Waals surface area (Å²) in [7, 11) is 1.88. The summed E-state index contributed by atoms with van der Waals surface area (Å²) in [6, 6.07) is 12.5. The molecule has 0 radical (unpaired) electrons. The van der Waals surface area contributed by atoms with E-state index >= 15 is 0 Å². The average Bonchev–Trinajstić information content (AvgIpc) is 2.38. The van der Waals surface area contributed by atoms with Gasteiger partial charge in [-0.1, -0.05) is 17.7 Å². The van der Waals surface area contributed by atoms with Crippen molar-refractivity contribution in [1.82, 2.24) is 0 Å². The third-order valence-electron chi connectivity index (χ3n) is 3.00. The highest BCUT2D eigenvalue weighted by molar-refractivity contribution is 5.76. The van der Waals surface area contributed by atoms with Crippen LogP contribution in [0, 0.1) is 17.0 Å². The number of hydrogen-bond donors (Lipinski definition) is 1. The van der Waals surface area contributed by atoms with E-state index in [0.29, 0.717) is 5.69 Å². The van der Waals surface area contributed by atoms with Crippen molar-refractivity contribution in [2.45, 2.75) is 6.92 Å². The molecule has 0 aliphatic carbocycles. The first-order valence-corrected chi connectivity index (χ1v) is 5.83. The zero-order valence-corrected chi connectivity index (χ0v) is 10.8. The fourth-order valence-corrected chi connectivity index (χ4v) is 1.87. The van der Waals surface area contributed by atoms with E-state index in [0.717, 1.165) is 11.4 Å². The first-order chi connectivity index (χ1) is 8.99. The Bertz CT molecular complexity index is 609. The van der Waals surface area contributed by atoms with E-state index in [4.69, 9.17) is 5.73 Å². The van der Waals surface area contributed by atoms with E-state index in [2.05, 4.69) is 0 Å². The lowest BCUT2D eigenvalue weighted by molar-refractivity contribution is -0.384. The quantitative estimate of drug-likeness (QED) is 0.520. The minimum absolute atomic E-state index is 0.00134. The van der Waals surface area contributed by atoms with Crippen LogP contribution >= 0.6 is 0 Å². The Hall–Kier alpha value is -2.56. The molecule has 19 heavy (non-hydrogen) atoms. The molecule has 5 heteroatoms. The van der Waals surface area contributed by atoms with E-state index < -0.39 is 4.92 Å². The zero-order valence-electron chi connectivity index (χ0n) is 10.8. The van der Waals surface area contributed by atoms with Crippen molar-refractivity contribution in [1.29, 1.82) is 0 Å². The molecular formula is C14H15N3O2. The maximum absolute atomic E-state index is 10.7. The van der Waals surface area contributed by atoms with Gasteiger partial charge in [0.15, 0.2) is 0 Å². The van der Waals surface area contributed by atoms with Crippen molar-refractivity contribution in [3.8, 4) is 0 Å². The fourth-order valence-electron chi connectivity index (χ4n) is 1.87. The fraction of sp³-hybridized carbons (Fsp3) is 0.143. The monoisotopic (exact) mass is 257 g/mol. The predicted molar refractivity (Wildman–Crippen MR) is 76.8 cm³/mol. The molecule has 98 valence electrons. The number of nitrogen functional groups attached to an aromatic ring is 1. The summed E-state index contributed by atoms with van der Waals surface area (Å²) in [5.74, 6) is 0. The van der Waals surface area contributed by atoms with E-state index in [1.54, 1.807) is 6.07 Å². The van der Waals surface area contributed by atoms with Crippen molar-refractivity contribution in [3.63, 3.8) is 0 Å². The molecule has 0 unspecified atom stereocenters. The van der Waals surface area contributed by atoms with Crippen molar-refractivity contribution in [2.75, 3.05) is 17.7 Å². The maximum Gasteiger partial charge on any atom is 0.271 e. The molecule has 2 aromatic rings. The molecule has 0 saturated carbocycles. The third kappa shape index (κ3) is 2.65. The molecule has 0 fully saturated rings. The Balaban J connectivity index is 2.36. The molecule has 0 aromatic heterocycles. The Morgan fingerprint density at radius 2 is 1.79 bits per heavy atom. The van der Waals surface area contributed by atoms with Crippen LogP contribution in [0.3, 0.4) is 0 Å². The molecule has 2 rings (SSSR count). The molecule has 0 aliphatic rings. The van der Waals surface area contributed by atoms with Crippen molar-refractivity contribution in [3.05, 3.63) is 58.1 Å². The van der Waals surface area contributed by atoms with Crippen LogP contribution in [0.1, 0.15) is 5.56 Å². The number of hydrogen-bond acceptors (Lipinski definition) is 4. The standard InChI is InChI=1S/C14H15N3O2/c1-10-3-5-11(6-4-10)16(2)14-8-7-12(17(18)19)9-13(14)15/h3-9H,15H2,1-2H3. The molecule has 0 bridgehead atoms. The minimum atomic E-state index is -0.452. The number of benzene rings is 2. The average molecular weight is 257 g/mol. The van der Waals surface area contributed by atoms with Crippen molar-refractivity contribution in [2.24, 2.45) is 0 Å². The molecule has 0 atom stereocenters. The van der Waals surface area contributed by atoms with Gasteiger partial charge in [-0.15, -0.1) is 0 Å². The van der Waals surface area contributed by atoms with Crippen LogP contribution in [0.25, 0.3) is 0 Å². The van der Waals surface area contributed by atoms with E-state index in [-0.39, 0.29) is 5.69 Å². The number of nitrogens with zero attached hydrogens (tertiary/aromatic N) is 2. The number of anilines is 3. The normalized spacial score (nSPS) is 10.2. The second-order valence-electron chi connectivity index (χ2n) is 4.39. The summed E-state index contributed by atoms with van der Waals surface area (Å²) < 4.78 is 0. The van der Waals surface area contributed by atoms with Gasteiger partial charge < -0.3 is 10.6 Å². The lowest BCUT2D eigenvalue weighted by Crippen LogP contribution is -2.11. The molecule has 0 spiro atoms. The van der Waals surface area contributed by atoms with Gasteiger partial charge in [-0.2, -0.15) is 0 Å². The van der Waals surface area contributed by atoms with Gasteiger partial charge in [-0.3, -0.25) is 10.1 Å². The molecule has 2 N–H and O–H groups in total. The van der Waals surface area contributed by atoms with E-state index in [9.17, 15) is 10.1 Å². The summed E-state index contributed by atoms with van der Waals surface area (Å²) in [6.45, 7) is 2.02. The second kappa shape index (κ2) is 4.97. The van der Waals surface area contributed by atoms with E-state index in [1.807, 2.05) is 43.1 Å². The Kier molecular flexibility index (Phi) is 3.37. The number of rotatable bonds is 3. The van der Waals surface area contributed by atoms with Crippen LogP contribution in [0.4, 0.5) is 22.7 Å². The van der Waals surface area contributed by atoms with Crippen LogP contribution in [0.2, 0.25) is 0 Å². The van der Waals surface area contributed by atoms with Gasteiger partial charge >= 0.3 is 0 Å². The Morgan fingerprint density at radius 3 is 2.32 bits per heavy atom. The number of nitro groups is 1. The van der Waals surface area contributed by atoms with Crippen LogP contribution in [-0.4, -0.2) is 12.0 Å².